The summed E-state index contributed by atoms with van der Waals surface area (Å²) in [6.07, 6.45) is 0. The van der Waals surface area contributed by atoms with Crippen molar-refractivity contribution >= 4 is 38.4 Å². The molecule has 1 saturated heterocycles. The van der Waals surface area contributed by atoms with E-state index in [9.17, 15) is 13.2 Å². The van der Waals surface area contributed by atoms with Crippen molar-refractivity contribution < 1.29 is 13.2 Å². The van der Waals surface area contributed by atoms with Crippen LogP contribution in [0.3, 0.4) is 0 Å². The molecule has 6 nitrogen and oxygen atoms in total. The number of piperazine rings is 1. The minimum Gasteiger partial charge on any atom is -0.350 e. The van der Waals surface area contributed by atoms with Gasteiger partial charge in [-0.05, 0) is 25.1 Å². The number of aromatic amines is 1. The van der Waals surface area contributed by atoms with E-state index in [-0.39, 0.29) is 11.7 Å². The van der Waals surface area contributed by atoms with Gasteiger partial charge in [0.05, 0.1) is 5.75 Å². The van der Waals surface area contributed by atoms with Crippen LogP contribution in [0.25, 0.3) is 10.9 Å². The van der Waals surface area contributed by atoms with Crippen molar-refractivity contribution in [1.82, 2.24) is 14.2 Å². The maximum atomic E-state index is 12.6. The van der Waals surface area contributed by atoms with Crippen molar-refractivity contribution in [2.75, 3.05) is 31.9 Å². The molecule has 0 spiro atoms. The van der Waals surface area contributed by atoms with E-state index in [0.29, 0.717) is 36.9 Å². The summed E-state index contributed by atoms with van der Waals surface area (Å²) in [6.45, 7) is 3.10. The Bertz CT molecular complexity index is 839. The molecule has 23 heavy (non-hydrogen) atoms. The highest BCUT2D eigenvalue weighted by atomic mass is 35.5. The second kappa shape index (κ2) is 6.14. The lowest BCUT2D eigenvalue weighted by molar-refractivity contribution is 0.0693. The molecule has 0 aliphatic carbocycles. The standard InChI is InChI=1S/C15H18ClN3O3S/c1-2-23(21,22)19-7-5-18(6-8-19)15(20)14-9-11-3-4-12(16)10-13(11)17-14/h3-4,9-10,17H,2,5-8H2,1H3. The van der Waals surface area contributed by atoms with Crippen molar-refractivity contribution in [2.45, 2.75) is 6.92 Å². The largest absolute Gasteiger partial charge is 0.350 e. The average Bonchev–Trinajstić information content (AvgIpc) is 2.97. The number of halogens is 1. The smallest absolute Gasteiger partial charge is 0.270 e. The molecule has 8 heteroatoms. The molecule has 0 unspecified atom stereocenters. The molecule has 1 aliphatic heterocycles. The first-order valence-corrected chi connectivity index (χ1v) is 9.45. The van der Waals surface area contributed by atoms with Gasteiger partial charge < -0.3 is 9.88 Å². The van der Waals surface area contributed by atoms with E-state index in [1.165, 1.54) is 4.31 Å². The summed E-state index contributed by atoms with van der Waals surface area (Å²) in [6, 6.07) is 7.21. The zero-order valence-electron chi connectivity index (χ0n) is 12.8. The molecule has 3 rings (SSSR count). The molecule has 1 N–H and O–H groups in total. The van der Waals surface area contributed by atoms with Gasteiger partial charge in [-0.3, -0.25) is 4.79 Å². The van der Waals surface area contributed by atoms with E-state index in [1.54, 1.807) is 30.0 Å². The number of carbonyl (C=O) groups excluding carboxylic acids is 1. The number of rotatable bonds is 3. The normalized spacial score (nSPS) is 16.9. The van der Waals surface area contributed by atoms with E-state index in [2.05, 4.69) is 4.98 Å². The molecule has 1 fully saturated rings. The van der Waals surface area contributed by atoms with Crippen molar-refractivity contribution in [3.8, 4) is 0 Å². The number of hydrogen-bond donors (Lipinski definition) is 1. The van der Waals surface area contributed by atoms with Crippen molar-refractivity contribution in [3.05, 3.63) is 35.0 Å². The Labute approximate surface area is 140 Å². The first kappa shape index (κ1) is 16.3. The maximum Gasteiger partial charge on any atom is 0.270 e. The number of H-pyrrole nitrogens is 1. The molecule has 2 heterocycles. The number of amides is 1. The molecule has 1 amide bonds. The Morgan fingerprint density at radius 2 is 1.91 bits per heavy atom. The van der Waals surface area contributed by atoms with Gasteiger partial charge >= 0.3 is 0 Å². The van der Waals surface area contributed by atoms with E-state index in [0.717, 1.165) is 10.9 Å². The lowest BCUT2D eigenvalue weighted by atomic mass is 10.2. The van der Waals surface area contributed by atoms with Crippen LogP contribution in [0.15, 0.2) is 24.3 Å². The van der Waals surface area contributed by atoms with E-state index in [1.807, 2.05) is 6.07 Å². The van der Waals surface area contributed by atoms with Crippen LogP contribution in [0.2, 0.25) is 5.02 Å². The zero-order chi connectivity index (χ0) is 16.6. The lowest BCUT2D eigenvalue weighted by Gasteiger charge is -2.33. The fourth-order valence-corrected chi connectivity index (χ4v) is 3.99. The molecule has 0 atom stereocenters. The molecule has 0 bridgehead atoms. The summed E-state index contributed by atoms with van der Waals surface area (Å²) in [5.74, 6) is -0.0325. The molecule has 1 aromatic carbocycles. The van der Waals surface area contributed by atoms with Crippen LogP contribution in [-0.4, -0.2) is 60.4 Å². The third-order valence-corrected chi connectivity index (χ3v) is 6.22. The van der Waals surface area contributed by atoms with Gasteiger partial charge in [0.2, 0.25) is 10.0 Å². The quantitative estimate of drug-likeness (QED) is 0.914. The Balaban J connectivity index is 1.74. The van der Waals surface area contributed by atoms with Gasteiger partial charge in [-0.1, -0.05) is 17.7 Å². The summed E-state index contributed by atoms with van der Waals surface area (Å²) >= 11 is 5.95. The number of benzene rings is 1. The highest BCUT2D eigenvalue weighted by molar-refractivity contribution is 7.89. The SMILES string of the molecule is CCS(=O)(=O)N1CCN(C(=O)c2cc3ccc(Cl)cc3[nH]2)CC1. The van der Waals surface area contributed by atoms with Gasteiger partial charge in [0.25, 0.3) is 5.91 Å². The second-order valence-corrected chi connectivity index (χ2v) is 8.20. The number of nitrogens with one attached hydrogen (secondary N) is 1. The van der Waals surface area contributed by atoms with Crippen LogP contribution in [-0.2, 0) is 10.0 Å². The highest BCUT2D eigenvalue weighted by Gasteiger charge is 2.28. The van der Waals surface area contributed by atoms with Crippen molar-refractivity contribution in [3.63, 3.8) is 0 Å². The van der Waals surface area contributed by atoms with Gasteiger partial charge in [0, 0.05) is 42.1 Å². The number of nitrogens with zero attached hydrogens (tertiary/aromatic N) is 2. The number of fused-ring (bicyclic) bond motifs is 1. The third-order valence-electron chi connectivity index (χ3n) is 4.10. The number of sulfonamides is 1. The van der Waals surface area contributed by atoms with Crippen molar-refractivity contribution in [2.24, 2.45) is 0 Å². The van der Waals surface area contributed by atoms with E-state index in [4.69, 9.17) is 11.6 Å². The van der Waals surface area contributed by atoms with Crippen LogP contribution in [0.1, 0.15) is 17.4 Å². The molecule has 1 aromatic heterocycles. The zero-order valence-corrected chi connectivity index (χ0v) is 14.3. The summed E-state index contributed by atoms with van der Waals surface area (Å²) in [7, 11) is -3.19. The summed E-state index contributed by atoms with van der Waals surface area (Å²) in [5.41, 5.74) is 1.31. The van der Waals surface area contributed by atoms with Gasteiger partial charge in [-0.25, -0.2) is 8.42 Å². The van der Waals surface area contributed by atoms with E-state index < -0.39 is 10.0 Å². The van der Waals surface area contributed by atoms with Crippen LogP contribution in [0, 0.1) is 0 Å². The minimum atomic E-state index is -3.19. The first-order valence-electron chi connectivity index (χ1n) is 7.46. The predicted molar refractivity (Wildman–Crippen MR) is 90.2 cm³/mol. The molecular formula is C15H18ClN3O3S. The van der Waals surface area contributed by atoms with Crippen LogP contribution >= 0.6 is 11.6 Å². The monoisotopic (exact) mass is 355 g/mol. The number of aromatic nitrogens is 1. The van der Waals surface area contributed by atoms with Crippen LogP contribution < -0.4 is 0 Å². The minimum absolute atomic E-state index is 0.0870. The third kappa shape index (κ3) is 3.22. The number of carbonyl (C=O) groups is 1. The highest BCUT2D eigenvalue weighted by Crippen LogP contribution is 2.21. The van der Waals surface area contributed by atoms with Gasteiger partial charge in [0.1, 0.15) is 5.69 Å². The van der Waals surface area contributed by atoms with Gasteiger partial charge in [-0.2, -0.15) is 4.31 Å². The topological polar surface area (TPSA) is 73.5 Å². The molecular weight excluding hydrogens is 338 g/mol. The fraction of sp³-hybridized carbons (Fsp3) is 0.400. The van der Waals surface area contributed by atoms with Crippen LogP contribution in [0.5, 0.6) is 0 Å². The van der Waals surface area contributed by atoms with Crippen molar-refractivity contribution in [1.29, 1.82) is 0 Å². The van der Waals surface area contributed by atoms with Gasteiger partial charge in [-0.15, -0.1) is 0 Å². The second-order valence-electron chi connectivity index (χ2n) is 5.51. The lowest BCUT2D eigenvalue weighted by Crippen LogP contribution is -2.50. The first-order chi connectivity index (χ1) is 10.9. The van der Waals surface area contributed by atoms with Gasteiger partial charge in [0.15, 0.2) is 0 Å². The molecule has 2 aromatic rings. The van der Waals surface area contributed by atoms with E-state index >= 15 is 0 Å². The predicted octanol–water partition coefficient (Wildman–Crippen LogP) is 1.93. The summed E-state index contributed by atoms with van der Waals surface area (Å²) in [4.78, 5) is 17.3. The summed E-state index contributed by atoms with van der Waals surface area (Å²) in [5, 5.41) is 1.53. The fourth-order valence-electron chi connectivity index (χ4n) is 2.74. The molecule has 124 valence electrons. The Hall–Kier alpha value is -1.57. The molecule has 0 saturated carbocycles. The Kier molecular flexibility index (Phi) is 4.35. The number of hydrogen-bond acceptors (Lipinski definition) is 3. The average molecular weight is 356 g/mol. The summed E-state index contributed by atoms with van der Waals surface area (Å²) < 4.78 is 25.2. The van der Waals surface area contributed by atoms with Crippen LogP contribution in [0.4, 0.5) is 0 Å². The Morgan fingerprint density at radius 3 is 2.57 bits per heavy atom. The maximum absolute atomic E-state index is 12.6. The molecule has 1 aliphatic rings. The Morgan fingerprint density at radius 1 is 1.22 bits per heavy atom. The molecule has 0 radical (unpaired) electrons.